The van der Waals surface area contributed by atoms with Gasteiger partial charge in [-0.05, 0) is 31.6 Å². The smallest absolute Gasteiger partial charge is 0.283 e. The van der Waals surface area contributed by atoms with Crippen molar-refractivity contribution in [1.82, 2.24) is 14.7 Å². The maximum atomic E-state index is 12.4. The fraction of sp³-hybridized carbons (Fsp3) is 0.615. The molecule has 1 amide bonds. The molecule has 3 rings (SSSR count). The number of hydrogen-bond acceptors (Lipinski definition) is 6. The number of amides is 1. The van der Waals surface area contributed by atoms with E-state index in [9.17, 15) is 13.2 Å². The van der Waals surface area contributed by atoms with Crippen LogP contribution in [0.2, 0.25) is 0 Å². The molecule has 1 aromatic heterocycles. The number of aromatic nitrogens is 2. The lowest BCUT2D eigenvalue weighted by molar-refractivity contribution is -0.128. The van der Waals surface area contributed by atoms with Crippen molar-refractivity contribution in [3.63, 3.8) is 0 Å². The number of sulfonamides is 1. The Labute approximate surface area is 123 Å². The van der Waals surface area contributed by atoms with Gasteiger partial charge < -0.3 is 4.74 Å². The third-order valence-corrected chi connectivity index (χ3v) is 5.08. The molecular weight excluding hydrogens is 294 g/mol. The van der Waals surface area contributed by atoms with Crippen LogP contribution in [0.15, 0.2) is 23.6 Å². The summed E-state index contributed by atoms with van der Waals surface area (Å²) in [6.45, 7) is 0.637. The van der Waals surface area contributed by atoms with Crippen LogP contribution in [-0.2, 0) is 19.6 Å². The second kappa shape index (κ2) is 5.69. The van der Waals surface area contributed by atoms with Gasteiger partial charge in [-0.25, -0.2) is 9.71 Å². The number of hydrogen-bond donors (Lipinski definition) is 1. The van der Waals surface area contributed by atoms with Crippen molar-refractivity contribution in [2.75, 3.05) is 6.61 Å². The van der Waals surface area contributed by atoms with E-state index in [1.54, 1.807) is 0 Å². The van der Waals surface area contributed by atoms with E-state index < -0.39 is 15.9 Å². The zero-order valence-corrected chi connectivity index (χ0v) is 12.3. The van der Waals surface area contributed by atoms with E-state index in [4.69, 9.17) is 4.74 Å². The molecule has 1 aliphatic heterocycles. The Morgan fingerprint density at radius 1 is 1.33 bits per heavy atom. The summed E-state index contributed by atoms with van der Waals surface area (Å²) in [5.74, 6) is -0.654. The van der Waals surface area contributed by atoms with E-state index in [-0.39, 0.29) is 23.0 Å². The summed E-state index contributed by atoms with van der Waals surface area (Å²) in [6, 6.07) is 0. The standard InChI is InChI=1S/C13H17N3O4S/c17-13(12(9-3-4-9)10-2-1-7-20-10)16-21(18,19)11-8-14-5-6-15-11/h5-6,8-10,12H,1-4,7H2,(H,16,17). The largest absolute Gasteiger partial charge is 0.377 e. The third-order valence-electron chi connectivity index (χ3n) is 3.85. The Hall–Kier alpha value is -1.54. The Morgan fingerprint density at radius 3 is 2.71 bits per heavy atom. The van der Waals surface area contributed by atoms with Crippen LogP contribution in [0.4, 0.5) is 0 Å². The van der Waals surface area contributed by atoms with Gasteiger partial charge in [0, 0.05) is 19.0 Å². The topological polar surface area (TPSA) is 98.2 Å². The molecule has 7 nitrogen and oxygen atoms in total. The molecule has 2 aliphatic rings. The van der Waals surface area contributed by atoms with Crippen molar-refractivity contribution in [3.05, 3.63) is 18.6 Å². The first kappa shape index (κ1) is 14.4. The van der Waals surface area contributed by atoms with Crippen LogP contribution in [0.25, 0.3) is 0 Å². The SMILES string of the molecule is O=C(NS(=O)(=O)c1cnccn1)C(C1CC1)C1CCCO1. The second-order valence-electron chi connectivity index (χ2n) is 5.43. The maximum absolute atomic E-state index is 12.4. The summed E-state index contributed by atoms with van der Waals surface area (Å²) in [4.78, 5) is 19.8. The highest BCUT2D eigenvalue weighted by Gasteiger charge is 2.44. The molecular formula is C13H17N3O4S. The fourth-order valence-corrected chi connectivity index (χ4v) is 3.61. The summed E-state index contributed by atoms with van der Waals surface area (Å²) >= 11 is 0. The predicted octanol–water partition coefficient (Wildman–Crippen LogP) is 0.487. The van der Waals surface area contributed by atoms with Gasteiger partial charge >= 0.3 is 0 Å². The molecule has 1 saturated heterocycles. The molecule has 1 aliphatic carbocycles. The van der Waals surface area contributed by atoms with Crippen LogP contribution in [-0.4, -0.2) is 37.0 Å². The number of nitrogens with one attached hydrogen (secondary N) is 1. The van der Waals surface area contributed by atoms with Crippen LogP contribution in [0, 0.1) is 11.8 Å². The molecule has 1 N–H and O–H groups in total. The van der Waals surface area contributed by atoms with Crippen LogP contribution in [0.5, 0.6) is 0 Å². The predicted molar refractivity (Wildman–Crippen MR) is 72.5 cm³/mol. The zero-order chi connectivity index (χ0) is 14.9. The average molecular weight is 311 g/mol. The summed E-state index contributed by atoms with van der Waals surface area (Å²) < 4.78 is 32.0. The highest BCUT2D eigenvalue weighted by Crippen LogP contribution is 2.41. The Balaban J connectivity index is 1.75. The molecule has 1 saturated carbocycles. The maximum Gasteiger partial charge on any atom is 0.283 e. The molecule has 114 valence electrons. The molecule has 0 radical (unpaired) electrons. The minimum atomic E-state index is -3.97. The lowest BCUT2D eigenvalue weighted by Crippen LogP contribution is -2.41. The molecule has 2 atom stereocenters. The van der Waals surface area contributed by atoms with Gasteiger partial charge in [-0.1, -0.05) is 0 Å². The highest BCUT2D eigenvalue weighted by atomic mass is 32.2. The Morgan fingerprint density at radius 2 is 2.14 bits per heavy atom. The van der Waals surface area contributed by atoms with E-state index in [1.807, 2.05) is 0 Å². The van der Waals surface area contributed by atoms with Gasteiger partial charge in [0.1, 0.15) is 0 Å². The number of nitrogens with zero attached hydrogens (tertiary/aromatic N) is 2. The van der Waals surface area contributed by atoms with Crippen LogP contribution in [0.3, 0.4) is 0 Å². The Kier molecular flexibility index (Phi) is 3.90. The molecule has 8 heteroatoms. The van der Waals surface area contributed by atoms with Gasteiger partial charge in [-0.15, -0.1) is 0 Å². The van der Waals surface area contributed by atoms with Gasteiger partial charge in [-0.2, -0.15) is 8.42 Å². The molecule has 21 heavy (non-hydrogen) atoms. The number of carbonyl (C=O) groups is 1. The van der Waals surface area contributed by atoms with E-state index >= 15 is 0 Å². The first-order valence-corrected chi connectivity index (χ1v) is 8.50. The molecule has 2 heterocycles. The normalized spacial score (nSPS) is 23.7. The Bertz CT molecular complexity index is 610. The fourth-order valence-electron chi connectivity index (χ4n) is 2.70. The minimum Gasteiger partial charge on any atom is -0.377 e. The molecule has 0 aromatic carbocycles. The van der Waals surface area contributed by atoms with Crippen molar-refractivity contribution in [2.45, 2.75) is 36.8 Å². The highest BCUT2D eigenvalue weighted by molar-refractivity contribution is 7.90. The van der Waals surface area contributed by atoms with Gasteiger partial charge in [0.05, 0.1) is 18.2 Å². The van der Waals surface area contributed by atoms with E-state index in [1.165, 1.54) is 12.4 Å². The van der Waals surface area contributed by atoms with E-state index in [0.29, 0.717) is 6.61 Å². The van der Waals surface area contributed by atoms with Crippen LogP contribution < -0.4 is 4.72 Å². The van der Waals surface area contributed by atoms with Crippen molar-refractivity contribution < 1.29 is 17.9 Å². The quantitative estimate of drug-likeness (QED) is 0.849. The van der Waals surface area contributed by atoms with Crippen molar-refractivity contribution in [2.24, 2.45) is 11.8 Å². The number of carbonyl (C=O) groups excluding carboxylic acids is 1. The van der Waals surface area contributed by atoms with Crippen molar-refractivity contribution in [3.8, 4) is 0 Å². The number of rotatable bonds is 5. The molecule has 1 aromatic rings. The summed E-state index contributed by atoms with van der Waals surface area (Å²) in [5.41, 5.74) is 0. The third kappa shape index (κ3) is 3.21. The number of ether oxygens (including phenoxy) is 1. The van der Waals surface area contributed by atoms with Gasteiger partial charge in [0.15, 0.2) is 5.03 Å². The van der Waals surface area contributed by atoms with E-state index in [2.05, 4.69) is 14.7 Å². The van der Waals surface area contributed by atoms with Gasteiger partial charge in [0.25, 0.3) is 10.0 Å². The zero-order valence-electron chi connectivity index (χ0n) is 11.4. The van der Waals surface area contributed by atoms with Gasteiger partial charge in [-0.3, -0.25) is 9.78 Å². The van der Waals surface area contributed by atoms with Crippen LogP contribution >= 0.6 is 0 Å². The summed E-state index contributed by atoms with van der Waals surface area (Å²) in [7, 11) is -3.97. The molecule has 2 fully saturated rings. The average Bonchev–Trinajstić information content (AvgIpc) is 3.14. The second-order valence-corrected chi connectivity index (χ2v) is 7.06. The van der Waals surface area contributed by atoms with Crippen LogP contribution in [0.1, 0.15) is 25.7 Å². The monoisotopic (exact) mass is 311 g/mol. The molecule has 2 unspecified atom stereocenters. The van der Waals surface area contributed by atoms with Gasteiger partial charge in [0.2, 0.25) is 5.91 Å². The molecule has 0 bridgehead atoms. The first-order chi connectivity index (χ1) is 10.1. The van der Waals surface area contributed by atoms with Crippen molar-refractivity contribution >= 4 is 15.9 Å². The summed E-state index contributed by atoms with van der Waals surface area (Å²) in [5, 5.41) is -0.250. The van der Waals surface area contributed by atoms with E-state index in [0.717, 1.165) is 31.9 Å². The lowest BCUT2D eigenvalue weighted by atomic mass is 9.94. The lowest BCUT2D eigenvalue weighted by Gasteiger charge is -2.21. The first-order valence-electron chi connectivity index (χ1n) is 7.02. The van der Waals surface area contributed by atoms with Crippen molar-refractivity contribution in [1.29, 1.82) is 0 Å². The minimum absolute atomic E-state index is 0.172. The molecule has 0 spiro atoms. The summed E-state index contributed by atoms with van der Waals surface area (Å²) in [6.07, 6.45) is 7.21.